The van der Waals surface area contributed by atoms with Crippen molar-refractivity contribution in [2.24, 2.45) is 5.29 Å². The fraction of sp³-hybridized carbons (Fsp3) is 0.462. The lowest BCUT2D eigenvalue weighted by Crippen LogP contribution is -2.40. The summed E-state index contributed by atoms with van der Waals surface area (Å²) in [5, 5.41) is 5.39. The second kappa shape index (κ2) is 9.43. The van der Waals surface area contributed by atoms with Gasteiger partial charge < -0.3 is 5.32 Å². The molecule has 128 valence electrons. The standard InChI is InChI=1S/C13H19ClN4O4S/c1-11-2-4-12(5-3-11)10-16-23(21,22)9-7-15-13(19)18(17-20)8-6-14/h2-5,16H,6-10H2,1H3,(H,15,19). The molecule has 0 atom stereocenters. The number of benzene rings is 1. The number of hydrogen-bond acceptors (Lipinski definition) is 5. The first-order valence-electron chi connectivity index (χ1n) is 6.85. The first-order chi connectivity index (χ1) is 10.9. The lowest BCUT2D eigenvalue weighted by atomic mass is 10.2. The van der Waals surface area contributed by atoms with Gasteiger partial charge in [0.25, 0.3) is 0 Å². The highest BCUT2D eigenvalue weighted by molar-refractivity contribution is 7.89. The molecule has 0 radical (unpaired) electrons. The summed E-state index contributed by atoms with van der Waals surface area (Å²) in [6.07, 6.45) is 0. The molecule has 0 heterocycles. The van der Waals surface area contributed by atoms with Crippen LogP contribution in [0.3, 0.4) is 0 Å². The largest absolute Gasteiger partial charge is 0.340 e. The third kappa shape index (κ3) is 7.40. The van der Waals surface area contributed by atoms with E-state index in [1.807, 2.05) is 31.2 Å². The van der Waals surface area contributed by atoms with Crippen LogP contribution in [0.25, 0.3) is 0 Å². The van der Waals surface area contributed by atoms with Crippen molar-refractivity contribution in [2.75, 3.05) is 24.7 Å². The maximum atomic E-state index is 11.8. The maximum Gasteiger partial charge on any atom is 0.340 e. The number of nitroso groups, excluding NO2 is 1. The van der Waals surface area contributed by atoms with Crippen LogP contribution in [-0.4, -0.2) is 44.2 Å². The Bertz CT molecular complexity index is 621. The molecule has 0 unspecified atom stereocenters. The van der Waals surface area contributed by atoms with Gasteiger partial charge in [-0.2, -0.15) is 5.01 Å². The van der Waals surface area contributed by atoms with Gasteiger partial charge >= 0.3 is 6.03 Å². The number of sulfonamides is 1. The van der Waals surface area contributed by atoms with E-state index in [2.05, 4.69) is 15.3 Å². The van der Waals surface area contributed by atoms with Crippen molar-refractivity contribution in [3.05, 3.63) is 40.3 Å². The Hall–Kier alpha value is -1.71. The number of hydrogen-bond donors (Lipinski definition) is 2. The molecular formula is C13H19ClN4O4S. The molecule has 0 saturated carbocycles. The summed E-state index contributed by atoms with van der Waals surface area (Å²) < 4.78 is 26.1. The van der Waals surface area contributed by atoms with Crippen LogP contribution in [0.1, 0.15) is 11.1 Å². The number of alkyl halides is 1. The zero-order valence-electron chi connectivity index (χ0n) is 12.7. The lowest BCUT2D eigenvalue weighted by molar-refractivity contribution is 0.203. The minimum atomic E-state index is -3.55. The quantitative estimate of drug-likeness (QED) is 0.392. The van der Waals surface area contributed by atoms with Crippen molar-refractivity contribution in [3.8, 4) is 0 Å². The molecule has 0 aromatic heterocycles. The molecular weight excluding hydrogens is 344 g/mol. The Kier molecular flexibility index (Phi) is 7.93. The number of urea groups is 1. The van der Waals surface area contributed by atoms with E-state index in [0.717, 1.165) is 11.1 Å². The number of nitrogens with zero attached hydrogens (tertiary/aromatic N) is 2. The van der Waals surface area contributed by atoms with Crippen LogP contribution < -0.4 is 10.0 Å². The number of aryl methyl sites for hydroxylation is 1. The zero-order valence-corrected chi connectivity index (χ0v) is 14.2. The van der Waals surface area contributed by atoms with Crippen molar-refractivity contribution >= 4 is 27.7 Å². The fourth-order valence-electron chi connectivity index (χ4n) is 1.61. The predicted molar refractivity (Wildman–Crippen MR) is 88.4 cm³/mol. The van der Waals surface area contributed by atoms with Crippen LogP contribution in [0.2, 0.25) is 0 Å². The monoisotopic (exact) mass is 362 g/mol. The molecule has 1 aromatic carbocycles. The Morgan fingerprint density at radius 2 is 1.96 bits per heavy atom. The fourth-order valence-corrected chi connectivity index (χ4v) is 2.68. The minimum absolute atomic E-state index is 0.0463. The lowest BCUT2D eigenvalue weighted by Gasteiger charge is -2.13. The summed E-state index contributed by atoms with van der Waals surface area (Å²) in [5.41, 5.74) is 1.92. The number of nitrogens with one attached hydrogen (secondary N) is 2. The highest BCUT2D eigenvalue weighted by atomic mass is 35.5. The van der Waals surface area contributed by atoms with Gasteiger partial charge in [0.15, 0.2) is 0 Å². The van der Waals surface area contributed by atoms with Crippen molar-refractivity contribution < 1.29 is 13.2 Å². The zero-order chi connectivity index (χ0) is 17.3. The Morgan fingerprint density at radius 1 is 1.30 bits per heavy atom. The van der Waals surface area contributed by atoms with Crippen molar-refractivity contribution in [3.63, 3.8) is 0 Å². The molecule has 0 aliphatic carbocycles. The van der Waals surface area contributed by atoms with Crippen molar-refractivity contribution in [2.45, 2.75) is 13.5 Å². The highest BCUT2D eigenvalue weighted by Crippen LogP contribution is 2.03. The van der Waals surface area contributed by atoms with Crippen molar-refractivity contribution in [1.29, 1.82) is 0 Å². The molecule has 0 bridgehead atoms. The van der Waals surface area contributed by atoms with Crippen molar-refractivity contribution in [1.82, 2.24) is 15.0 Å². The number of carbonyl (C=O) groups excluding carboxylic acids is 1. The van der Waals surface area contributed by atoms with Gasteiger partial charge in [-0.25, -0.2) is 17.9 Å². The smallest absolute Gasteiger partial charge is 0.335 e. The molecule has 0 aliphatic heterocycles. The van der Waals surface area contributed by atoms with Crippen LogP contribution >= 0.6 is 11.6 Å². The van der Waals surface area contributed by atoms with Gasteiger partial charge in [-0.05, 0) is 12.5 Å². The SMILES string of the molecule is Cc1ccc(CNS(=O)(=O)CCNC(=O)N(CCCl)N=O)cc1. The van der Waals surface area contributed by atoms with Gasteiger partial charge in [-0.1, -0.05) is 29.8 Å². The van der Waals surface area contributed by atoms with Gasteiger partial charge in [0.2, 0.25) is 10.0 Å². The summed E-state index contributed by atoms with van der Waals surface area (Å²) in [6.45, 7) is 1.93. The molecule has 23 heavy (non-hydrogen) atoms. The summed E-state index contributed by atoms with van der Waals surface area (Å²) >= 11 is 5.41. The molecule has 2 amide bonds. The first-order valence-corrected chi connectivity index (χ1v) is 9.04. The summed E-state index contributed by atoms with van der Waals surface area (Å²) in [6, 6.07) is 6.66. The molecule has 0 fully saturated rings. The topological polar surface area (TPSA) is 108 Å². The van der Waals surface area contributed by atoms with E-state index in [4.69, 9.17) is 11.6 Å². The molecule has 1 aromatic rings. The van der Waals surface area contributed by atoms with Gasteiger partial charge in [-0.3, -0.25) is 0 Å². The van der Waals surface area contributed by atoms with Crippen LogP contribution in [0.5, 0.6) is 0 Å². The second-order valence-corrected chi connectivity index (χ2v) is 7.06. The van der Waals surface area contributed by atoms with Crippen LogP contribution in [0.15, 0.2) is 29.6 Å². The number of carbonyl (C=O) groups is 1. The van der Waals surface area contributed by atoms with E-state index in [9.17, 15) is 18.1 Å². The Morgan fingerprint density at radius 3 is 2.52 bits per heavy atom. The maximum absolute atomic E-state index is 11.8. The number of rotatable bonds is 9. The normalized spacial score (nSPS) is 11.0. The predicted octanol–water partition coefficient (Wildman–Crippen LogP) is 1.35. The van der Waals surface area contributed by atoms with Gasteiger partial charge in [-0.15, -0.1) is 16.5 Å². The summed E-state index contributed by atoms with van der Waals surface area (Å²) in [5.74, 6) is -0.256. The van der Waals surface area contributed by atoms with E-state index in [0.29, 0.717) is 5.01 Å². The van der Waals surface area contributed by atoms with Crippen LogP contribution in [0, 0.1) is 11.8 Å². The molecule has 0 saturated heterocycles. The van der Waals surface area contributed by atoms with E-state index < -0.39 is 16.1 Å². The van der Waals surface area contributed by atoms with E-state index >= 15 is 0 Å². The molecule has 0 aliphatic rings. The first kappa shape index (κ1) is 19.3. The van der Waals surface area contributed by atoms with Gasteiger partial charge in [0.05, 0.1) is 17.6 Å². The number of halogens is 1. The Balaban J connectivity index is 2.39. The molecule has 1 rings (SSSR count). The van der Waals surface area contributed by atoms with E-state index in [1.54, 1.807) is 0 Å². The third-order valence-electron chi connectivity index (χ3n) is 2.89. The molecule has 0 spiro atoms. The average Bonchev–Trinajstić information content (AvgIpc) is 2.51. The van der Waals surface area contributed by atoms with Crippen LogP contribution in [-0.2, 0) is 16.6 Å². The average molecular weight is 363 g/mol. The molecule has 10 heteroatoms. The summed E-state index contributed by atoms with van der Waals surface area (Å²) in [7, 11) is -3.55. The highest BCUT2D eigenvalue weighted by Gasteiger charge is 2.15. The third-order valence-corrected chi connectivity index (χ3v) is 4.39. The Labute approximate surface area is 140 Å². The minimum Gasteiger partial charge on any atom is -0.335 e. The van der Waals surface area contributed by atoms with Gasteiger partial charge in [0.1, 0.15) is 0 Å². The van der Waals surface area contributed by atoms with Crippen LogP contribution in [0.4, 0.5) is 4.79 Å². The second-order valence-electron chi connectivity index (χ2n) is 4.75. The molecule has 8 nitrogen and oxygen atoms in total. The van der Waals surface area contributed by atoms with Gasteiger partial charge in [0, 0.05) is 19.0 Å². The number of amides is 2. The van der Waals surface area contributed by atoms with E-state index in [1.165, 1.54) is 0 Å². The van der Waals surface area contributed by atoms with E-state index in [-0.39, 0.29) is 31.3 Å². The summed E-state index contributed by atoms with van der Waals surface area (Å²) in [4.78, 5) is 21.9. The molecule has 2 N–H and O–H groups in total.